The SMILES string of the molecule is COc1ccc(C)cc1NS(=O)(=O)c1ccc(NC(=O)CN(c2cccc(Br)c2)S(=O)(=O)c2ccc(C)cc2)cc1. The second-order valence-corrected chi connectivity index (χ2v) is 13.6. The number of nitrogens with one attached hydrogen (secondary N) is 2. The number of hydrogen-bond acceptors (Lipinski definition) is 6. The molecule has 41 heavy (non-hydrogen) atoms. The number of aryl methyl sites for hydroxylation is 2. The predicted molar refractivity (Wildman–Crippen MR) is 163 cm³/mol. The van der Waals surface area contributed by atoms with Gasteiger partial charge in [0.15, 0.2) is 0 Å². The van der Waals surface area contributed by atoms with Gasteiger partial charge in [-0.05, 0) is 86.1 Å². The van der Waals surface area contributed by atoms with Gasteiger partial charge >= 0.3 is 0 Å². The van der Waals surface area contributed by atoms with Gasteiger partial charge in [-0.2, -0.15) is 0 Å². The Bertz CT molecular complexity index is 1780. The van der Waals surface area contributed by atoms with E-state index in [9.17, 15) is 21.6 Å². The smallest absolute Gasteiger partial charge is 0.264 e. The first-order valence-electron chi connectivity index (χ1n) is 12.3. The van der Waals surface area contributed by atoms with Crippen LogP contribution in [0.15, 0.2) is 105 Å². The van der Waals surface area contributed by atoms with Crippen LogP contribution >= 0.6 is 15.9 Å². The topological polar surface area (TPSA) is 122 Å². The first-order valence-corrected chi connectivity index (χ1v) is 16.0. The Morgan fingerprint density at radius 1 is 0.829 bits per heavy atom. The van der Waals surface area contributed by atoms with E-state index in [4.69, 9.17) is 4.74 Å². The maximum Gasteiger partial charge on any atom is 0.264 e. The van der Waals surface area contributed by atoms with Gasteiger partial charge in [0.2, 0.25) is 5.91 Å². The van der Waals surface area contributed by atoms with Crippen LogP contribution < -0.4 is 19.1 Å². The molecule has 12 heteroatoms. The van der Waals surface area contributed by atoms with E-state index in [1.54, 1.807) is 54.6 Å². The molecule has 9 nitrogen and oxygen atoms in total. The highest BCUT2D eigenvalue weighted by molar-refractivity contribution is 9.10. The van der Waals surface area contributed by atoms with Gasteiger partial charge in [0, 0.05) is 10.2 Å². The molecule has 0 spiro atoms. The average Bonchev–Trinajstić information content (AvgIpc) is 2.92. The summed E-state index contributed by atoms with van der Waals surface area (Å²) in [5, 5.41) is 2.65. The van der Waals surface area contributed by atoms with Crippen molar-refractivity contribution in [2.45, 2.75) is 23.6 Å². The van der Waals surface area contributed by atoms with E-state index in [0.717, 1.165) is 15.4 Å². The summed E-state index contributed by atoms with van der Waals surface area (Å²) in [6, 6.07) is 23.7. The number of rotatable bonds is 10. The Morgan fingerprint density at radius 3 is 2.10 bits per heavy atom. The molecule has 214 valence electrons. The first kappa shape index (κ1) is 30.1. The van der Waals surface area contributed by atoms with Crippen LogP contribution in [0, 0.1) is 13.8 Å². The van der Waals surface area contributed by atoms with Gasteiger partial charge in [0.1, 0.15) is 12.3 Å². The minimum Gasteiger partial charge on any atom is -0.495 e. The average molecular weight is 659 g/mol. The van der Waals surface area contributed by atoms with Gasteiger partial charge in [-0.3, -0.25) is 13.8 Å². The van der Waals surface area contributed by atoms with Crippen LogP contribution in [0.4, 0.5) is 17.1 Å². The molecular weight excluding hydrogens is 630 g/mol. The molecule has 4 rings (SSSR count). The number of nitrogens with zero attached hydrogens (tertiary/aromatic N) is 1. The lowest BCUT2D eigenvalue weighted by Crippen LogP contribution is -2.38. The molecule has 0 bridgehead atoms. The maximum atomic E-state index is 13.6. The third-order valence-electron chi connectivity index (χ3n) is 6.04. The highest BCUT2D eigenvalue weighted by atomic mass is 79.9. The summed E-state index contributed by atoms with van der Waals surface area (Å²) in [6.07, 6.45) is 0. The van der Waals surface area contributed by atoms with Crippen molar-refractivity contribution >= 4 is 58.9 Å². The Hall–Kier alpha value is -3.87. The molecule has 0 unspecified atom stereocenters. The van der Waals surface area contributed by atoms with Crippen molar-refractivity contribution in [2.75, 3.05) is 28.0 Å². The van der Waals surface area contributed by atoms with Crippen LogP contribution in [-0.2, 0) is 24.8 Å². The van der Waals surface area contributed by atoms with E-state index in [2.05, 4.69) is 26.0 Å². The summed E-state index contributed by atoms with van der Waals surface area (Å²) >= 11 is 3.35. The molecule has 0 fully saturated rings. The largest absolute Gasteiger partial charge is 0.495 e. The fraction of sp³-hybridized carbons (Fsp3) is 0.138. The zero-order chi connectivity index (χ0) is 29.8. The summed E-state index contributed by atoms with van der Waals surface area (Å²) in [6.45, 7) is 3.17. The molecule has 4 aromatic carbocycles. The van der Waals surface area contributed by atoms with Gasteiger partial charge in [0.25, 0.3) is 20.0 Å². The maximum absolute atomic E-state index is 13.6. The summed E-state index contributed by atoms with van der Waals surface area (Å²) in [5.41, 5.74) is 2.64. The van der Waals surface area contributed by atoms with Crippen molar-refractivity contribution in [3.63, 3.8) is 0 Å². The molecule has 0 radical (unpaired) electrons. The molecule has 0 saturated carbocycles. The molecule has 0 heterocycles. The number of carbonyl (C=O) groups excluding carboxylic acids is 1. The van der Waals surface area contributed by atoms with Gasteiger partial charge in [-0.25, -0.2) is 16.8 Å². The summed E-state index contributed by atoms with van der Waals surface area (Å²) in [5.74, 6) is -0.238. The molecule has 0 atom stereocenters. The molecule has 0 aromatic heterocycles. The van der Waals surface area contributed by atoms with Gasteiger partial charge in [-0.1, -0.05) is 45.8 Å². The van der Waals surface area contributed by atoms with Crippen molar-refractivity contribution in [1.82, 2.24) is 0 Å². The van der Waals surface area contributed by atoms with Crippen molar-refractivity contribution < 1.29 is 26.4 Å². The number of carbonyl (C=O) groups is 1. The quantitative estimate of drug-likeness (QED) is 0.225. The molecule has 0 aliphatic carbocycles. The van der Waals surface area contributed by atoms with E-state index < -0.39 is 32.5 Å². The standard InChI is InChI=1S/C29H28BrN3O6S2/c1-20-7-12-26(13-8-20)41(37,38)33(24-6-4-5-22(30)18-24)19-29(34)31-23-10-14-25(15-11-23)40(35,36)32-27-17-21(2)9-16-28(27)39-3/h4-18,32H,19H2,1-3H3,(H,31,34). The number of anilines is 3. The number of methoxy groups -OCH3 is 1. The predicted octanol–water partition coefficient (Wildman–Crippen LogP) is 5.71. The van der Waals surface area contributed by atoms with Crippen LogP contribution in [0.2, 0.25) is 0 Å². The van der Waals surface area contributed by atoms with Crippen molar-refractivity contribution in [3.05, 3.63) is 107 Å². The summed E-state index contributed by atoms with van der Waals surface area (Å²) in [7, 11) is -6.59. The third kappa shape index (κ3) is 7.26. The van der Waals surface area contributed by atoms with E-state index in [0.29, 0.717) is 27.3 Å². The fourth-order valence-corrected chi connectivity index (χ4v) is 6.80. The zero-order valence-electron chi connectivity index (χ0n) is 22.5. The van der Waals surface area contributed by atoms with E-state index in [1.165, 1.54) is 43.5 Å². The second-order valence-electron chi connectivity index (χ2n) is 9.19. The highest BCUT2D eigenvalue weighted by Gasteiger charge is 2.27. The van der Waals surface area contributed by atoms with E-state index in [-0.39, 0.29) is 9.79 Å². The Labute approximate surface area is 248 Å². The molecule has 0 aliphatic heterocycles. The lowest BCUT2D eigenvalue weighted by molar-refractivity contribution is -0.114. The lowest BCUT2D eigenvalue weighted by atomic mass is 10.2. The van der Waals surface area contributed by atoms with Crippen molar-refractivity contribution in [3.8, 4) is 5.75 Å². The summed E-state index contributed by atoms with van der Waals surface area (Å²) in [4.78, 5) is 13.1. The monoisotopic (exact) mass is 657 g/mol. The van der Waals surface area contributed by atoms with Gasteiger partial charge in [0.05, 0.1) is 28.3 Å². The fourth-order valence-electron chi connectivity index (χ4n) is 3.94. The molecule has 0 aliphatic rings. The highest BCUT2D eigenvalue weighted by Crippen LogP contribution is 2.29. The molecule has 0 saturated heterocycles. The van der Waals surface area contributed by atoms with Crippen molar-refractivity contribution in [2.24, 2.45) is 0 Å². The number of hydrogen-bond donors (Lipinski definition) is 2. The van der Waals surface area contributed by atoms with Gasteiger partial charge in [-0.15, -0.1) is 0 Å². The first-order chi connectivity index (χ1) is 19.4. The number of sulfonamides is 2. The Kier molecular flexibility index (Phi) is 9.05. The van der Waals surface area contributed by atoms with Gasteiger partial charge < -0.3 is 10.1 Å². The number of amides is 1. The molecule has 1 amide bonds. The Balaban J connectivity index is 1.54. The minimum absolute atomic E-state index is 0.0308. The third-order valence-corrected chi connectivity index (χ3v) is 9.70. The number of ether oxygens (including phenoxy) is 1. The normalized spacial score (nSPS) is 11.5. The minimum atomic E-state index is -4.09. The molecule has 4 aromatic rings. The Morgan fingerprint density at radius 2 is 1.46 bits per heavy atom. The van der Waals surface area contributed by atoms with E-state index >= 15 is 0 Å². The molecular formula is C29H28BrN3O6S2. The van der Waals surface area contributed by atoms with Crippen molar-refractivity contribution in [1.29, 1.82) is 0 Å². The van der Waals surface area contributed by atoms with Crippen LogP contribution in [0.25, 0.3) is 0 Å². The molecule has 2 N–H and O–H groups in total. The second kappa shape index (κ2) is 12.3. The number of halogens is 1. The summed E-state index contributed by atoms with van der Waals surface area (Å²) < 4.78 is 62.5. The number of benzene rings is 4. The zero-order valence-corrected chi connectivity index (χ0v) is 25.7. The van der Waals surface area contributed by atoms with E-state index in [1.807, 2.05) is 13.8 Å². The van der Waals surface area contributed by atoms with Crippen LogP contribution in [0.5, 0.6) is 5.75 Å². The lowest BCUT2D eigenvalue weighted by Gasteiger charge is -2.24. The van der Waals surface area contributed by atoms with Crippen LogP contribution in [0.3, 0.4) is 0 Å². The van der Waals surface area contributed by atoms with Crippen LogP contribution in [-0.4, -0.2) is 36.4 Å². The van der Waals surface area contributed by atoms with Crippen LogP contribution in [0.1, 0.15) is 11.1 Å².